The van der Waals surface area contributed by atoms with Gasteiger partial charge in [0.15, 0.2) is 0 Å². The summed E-state index contributed by atoms with van der Waals surface area (Å²) in [4.78, 5) is 11.0. The van der Waals surface area contributed by atoms with Crippen molar-refractivity contribution >= 4 is 5.97 Å². The van der Waals surface area contributed by atoms with Crippen LogP contribution in [0.4, 0.5) is 0 Å². The summed E-state index contributed by atoms with van der Waals surface area (Å²) >= 11 is 0. The molecule has 1 atom stereocenters. The number of carboxylic acid groups (broad SMARTS) is 1. The van der Waals surface area contributed by atoms with Crippen LogP contribution in [0.15, 0.2) is 12.2 Å². The molecular formula is C18H33O2-. The first kappa shape index (κ1) is 19.2. The van der Waals surface area contributed by atoms with Crippen molar-refractivity contribution in [1.82, 2.24) is 0 Å². The molecule has 0 N–H and O–H groups in total. The highest BCUT2D eigenvalue weighted by atomic mass is 16.4. The van der Waals surface area contributed by atoms with Crippen molar-refractivity contribution in [2.24, 2.45) is 5.92 Å². The summed E-state index contributed by atoms with van der Waals surface area (Å²) in [6, 6.07) is 0. The average molecular weight is 281 g/mol. The van der Waals surface area contributed by atoms with Gasteiger partial charge in [0.2, 0.25) is 0 Å². The van der Waals surface area contributed by atoms with Crippen molar-refractivity contribution < 1.29 is 9.90 Å². The summed E-state index contributed by atoms with van der Waals surface area (Å²) in [6.07, 6.45) is 17.8. The molecular weight excluding hydrogens is 248 g/mol. The number of hydrogen-bond donors (Lipinski definition) is 0. The Morgan fingerprint density at radius 3 is 2.05 bits per heavy atom. The van der Waals surface area contributed by atoms with E-state index in [-0.39, 0.29) is 5.92 Å². The Kier molecular flexibility index (Phi) is 14.0. The molecule has 20 heavy (non-hydrogen) atoms. The van der Waals surface area contributed by atoms with Crippen LogP contribution < -0.4 is 5.11 Å². The van der Waals surface area contributed by atoms with Crippen LogP contribution in [0.1, 0.15) is 90.9 Å². The summed E-state index contributed by atoms with van der Waals surface area (Å²) in [7, 11) is 0. The SMILES string of the molecule is CCCCCCCC/C=C\C(CCCCCC)C(=O)[O-]. The fourth-order valence-corrected chi connectivity index (χ4v) is 2.39. The van der Waals surface area contributed by atoms with Gasteiger partial charge in [-0.1, -0.05) is 83.8 Å². The van der Waals surface area contributed by atoms with Crippen molar-refractivity contribution in [3.8, 4) is 0 Å². The number of carbonyl (C=O) groups excluding carboxylic acids is 1. The van der Waals surface area contributed by atoms with Gasteiger partial charge < -0.3 is 9.90 Å². The summed E-state index contributed by atoms with van der Waals surface area (Å²) < 4.78 is 0. The highest BCUT2D eigenvalue weighted by molar-refractivity contribution is 5.69. The molecule has 0 aromatic rings. The molecule has 0 aliphatic carbocycles. The van der Waals surface area contributed by atoms with Gasteiger partial charge in [-0.05, 0) is 19.3 Å². The smallest absolute Gasteiger partial charge is 0.0483 e. The number of carboxylic acids is 1. The second kappa shape index (κ2) is 14.6. The molecule has 0 saturated heterocycles. The molecule has 2 nitrogen and oxygen atoms in total. The Balaban J connectivity index is 3.66. The molecule has 0 radical (unpaired) electrons. The minimum atomic E-state index is -0.916. The Hall–Kier alpha value is -0.790. The van der Waals surface area contributed by atoms with Gasteiger partial charge in [0.05, 0.1) is 0 Å². The second-order valence-corrected chi connectivity index (χ2v) is 5.76. The van der Waals surface area contributed by atoms with Gasteiger partial charge >= 0.3 is 0 Å². The lowest BCUT2D eigenvalue weighted by atomic mass is 9.99. The third-order valence-corrected chi connectivity index (χ3v) is 3.76. The summed E-state index contributed by atoms with van der Waals surface area (Å²) in [5.41, 5.74) is 0. The lowest BCUT2D eigenvalue weighted by Gasteiger charge is -2.13. The van der Waals surface area contributed by atoms with Crippen LogP contribution in [0.25, 0.3) is 0 Å². The van der Waals surface area contributed by atoms with E-state index in [4.69, 9.17) is 0 Å². The Bertz CT molecular complexity index is 246. The quantitative estimate of drug-likeness (QED) is 0.344. The van der Waals surface area contributed by atoms with E-state index in [2.05, 4.69) is 13.8 Å². The van der Waals surface area contributed by atoms with Gasteiger partial charge in [0.1, 0.15) is 0 Å². The molecule has 2 heteroatoms. The van der Waals surface area contributed by atoms with E-state index in [1.807, 2.05) is 12.2 Å². The molecule has 0 saturated carbocycles. The van der Waals surface area contributed by atoms with E-state index >= 15 is 0 Å². The largest absolute Gasteiger partial charge is 0.550 e. The van der Waals surface area contributed by atoms with Crippen molar-refractivity contribution in [2.45, 2.75) is 90.9 Å². The summed E-state index contributed by atoms with van der Waals surface area (Å²) in [5.74, 6) is -1.30. The van der Waals surface area contributed by atoms with E-state index < -0.39 is 5.97 Å². The lowest BCUT2D eigenvalue weighted by Crippen LogP contribution is -2.30. The van der Waals surface area contributed by atoms with E-state index in [1.165, 1.54) is 51.4 Å². The number of hydrogen-bond acceptors (Lipinski definition) is 2. The summed E-state index contributed by atoms with van der Waals surface area (Å²) in [5, 5.41) is 11.0. The van der Waals surface area contributed by atoms with Crippen LogP contribution in [-0.4, -0.2) is 5.97 Å². The summed E-state index contributed by atoms with van der Waals surface area (Å²) in [6.45, 7) is 4.39. The van der Waals surface area contributed by atoms with Gasteiger partial charge in [-0.25, -0.2) is 0 Å². The molecule has 0 aliphatic rings. The molecule has 0 bridgehead atoms. The fourth-order valence-electron chi connectivity index (χ4n) is 2.39. The standard InChI is InChI=1S/C18H34O2/c1-3-5-7-9-10-11-12-14-16-17(18(19)20)15-13-8-6-4-2/h14,16-17H,3-13,15H2,1-2H3,(H,19,20)/p-1/b16-14-. The Morgan fingerprint density at radius 2 is 1.45 bits per heavy atom. The fraction of sp³-hybridized carbons (Fsp3) is 0.833. The number of rotatable bonds is 14. The van der Waals surface area contributed by atoms with E-state index in [0.29, 0.717) is 0 Å². The van der Waals surface area contributed by atoms with Crippen molar-refractivity contribution in [2.75, 3.05) is 0 Å². The third-order valence-electron chi connectivity index (χ3n) is 3.76. The van der Waals surface area contributed by atoms with Gasteiger partial charge in [0, 0.05) is 11.9 Å². The highest BCUT2D eigenvalue weighted by Crippen LogP contribution is 2.13. The zero-order valence-electron chi connectivity index (χ0n) is 13.5. The van der Waals surface area contributed by atoms with Crippen LogP contribution in [0.2, 0.25) is 0 Å². The Labute approximate surface area is 125 Å². The van der Waals surface area contributed by atoms with Crippen LogP contribution in [0, 0.1) is 5.92 Å². The molecule has 0 aliphatic heterocycles. The maximum Gasteiger partial charge on any atom is 0.0483 e. The first-order valence-electron chi connectivity index (χ1n) is 8.59. The number of aliphatic carboxylic acids is 1. The minimum Gasteiger partial charge on any atom is -0.550 e. The van der Waals surface area contributed by atoms with Crippen molar-refractivity contribution in [1.29, 1.82) is 0 Å². The zero-order valence-corrected chi connectivity index (χ0v) is 13.5. The van der Waals surface area contributed by atoms with Gasteiger partial charge in [-0.2, -0.15) is 0 Å². The number of allylic oxidation sites excluding steroid dienone is 1. The highest BCUT2D eigenvalue weighted by Gasteiger charge is 2.04. The Morgan fingerprint density at radius 1 is 0.900 bits per heavy atom. The molecule has 0 aromatic carbocycles. The molecule has 0 amide bonds. The maximum absolute atomic E-state index is 11.0. The van der Waals surface area contributed by atoms with Crippen LogP contribution in [0.3, 0.4) is 0 Å². The van der Waals surface area contributed by atoms with E-state index in [0.717, 1.165) is 25.7 Å². The third kappa shape index (κ3) is 12.3. The van der Waals surface area contributed by atoms with Gasteiger partial charge in [-0.3, -0.25) is 0 Å². The van der Waals surface area contributed by atoms with Crippen LogP contribution in [0.5, 0.6) is 0 Å². The number of unbranched alkanes of at least 4 members (excludes halogenated alkanes) is 9. The monoisotopic (exact) mass is 281 g/mol. The molecule has 0 rings (SSSR count). The van der Waals surface area contributed by atoms with E-state index in [9.17, 15) is 9.90 Å². The predicted octanol–water partition coefficient (Wildman–Crippen LogP) is 4.63. The molecule has 0 aromatic heterocycles. The topological polar surface area (TPSA) is 40.1 Å². The normalized spacial score (nSPS) is 12.9. The van der Waals surface area contributed by atoms with Crippen molar-refractivity contribution in [3.05, 3.63) is 12.2 Å². The molecule has 1 unspecified atom stereocenters. The van der Waals surface area contributed by atoms with Crippen molar-refractivity contribution in [3.63, 3.8) is 0 Å². The second-order valence-electron chi connectivity index (χ2n) is 5.76. The predicted molar refractivity (Wildman–Crippen MR) is 84.4 cm³/mol. The van der Waals surface area contributed by atoms with E-state index in [1.54, 1.807) is 0 Å². The average Bonchev–Trinajstić information content (AvgIpc) is 2.43. The first-order chi connectivity index (χ1) is 9.72. The molecule has 0 fully saturated rings. The zero-order chi connectivity index (χ0) is 15.1. The molecule has 0 spiro atoms. The maximum atomic E-state index is 11.0. The van der Waals surface area contributed by atoms with Crippen LogP contribution >= 0.6 is 0 Å². The molecule has 0 heterocycles. The minimum absolute atomic E-state index is 0.382. The molecule has 118 valence electrons. The lowest BCUT2D eigenvalue weighted by molar-refractivity contribution is -0.309. The van der Waals surface area contributed by atoms with Crippen LogP contribution in [-0.2, 0) is 4.79 Å². The number of carbonyl (C=O) groups is 1. The first-order valence-corrected chi connectivity index (χ1v) is 8.59. The van der Waals surface area contributed by atoms with Gasteiger partial charge in [0.25, 0.3) is 0 Å². The van der Waals surface area contributed by atoms with Gasteiger partial charge in [-0.15, -0.1) is 0 Å².